The predicted molar refractivity (Wildman–Crippen MR) is 67.0 cm³/mol. The first kappa shape index (κ1) is 12.3. The van der Waals surface area contributed by atoms with Crippen molar-refractivity contribution in [3.05, 3.63) is 15.5 Å². The SMILES string of the molecule is CCOC1CCN(Cc2cnc(Cl)s2)CC1. The highest BCUT2D eigenvalue weighted by molar-refractivity contribution is 7.15. The number of piperidine rings is 1. The highest BCUT2D eigenvalue weighted by Crippen LogP contribution is 2.21. The van der Waals surface area contributed by atoms with Gasteiger partial charge in [0.1, 0.15) is 0 Å². The van der Waals surface area contributed by atoms with E-state index >= 15 is 0 Å². The molecule has 0 unspecified atom stereocenters. The standard InChI is InChI=1S/C11H17ClN2OS/c1-2-15-9-3-5-14(6-4-9)8-10-7-13-11(12)16-10/h7,9H,2-6,8H2,1H3. The number of halogens is 1. The molecular weight excluding hydrogens is 244 g/mol. The van der Waals surface area contributed by atoms with E-state index in [-0.39, 0.29) is 0 Å². The second-order valence-corrected chi connectivity index (χ2v) is 5.71. The maximum Gasteiger partial charge on any atom is 0.183 e. The highest BCUT2D eigenvalue weighted by atomic mass is 35.5. The van der Waals surface area contributed by atoms with Gasteiger partial charge in [0.15, 0.2) is 4.47 Å². The molecule has 0 aromatic carbocycles. The molecule has 5 heteroatoms. The first-order valence-electron chi connectivity index (χ1n) is 5.72. The summed E-state index contributed by atoms with van der Waals surface area (Å²) < 4.78 is 6.27. The van der Waals surface area contributed by atoms with Crippen molar-refractivity contribution in [2.24, 2.45) is 0 Å². The zero-order chi connectivity index (χ0) is 11.4. The van der Waals surface area contributed by atoms with Gasteiger partial charge in [-0.25, -0.2) is 4.98 Å². The summed E-state index contributed by atoms with van der Waals surface area (Å²) in [6.07, 6.45) is 4.62. The van der Waals surface area contributed by atoms with Crippen LogP contribution in [-0.2, 0) is 11.3 Å². The lowest BCUT2D eigenvalue weighted by Crippen LogP contribution is -2.36. The molecule has 2 rings (SSSR count). The largest absolute Gasteiger partial charge is 0.378 e. The van der Waals surface area contributed by atoms with Gasteiger partial charge in [-0.3, -0.25) is 4.90 Å². The number of hydrogen-bond donors (Lipinski definition) is 0. The van der Waals surface area contributed by atoms with E-state index in [1.807, 2.05) is 6.20 Å². The molecule has 0 bridgehead atoms. The van der Waals surface area contributed by atoms with Crippen LogP contribution in [0.15, 0.2) is 6.20 Å². The lowest BCUT2D eigenvalue weighted by molar-refractivity contribution is 0.0127. The quantitative estimate of drug-likeness (QED) is 0.833. The minimum Gasteiger partial charge on any atom is -0.378 e. The maximum atomic E-state index is 5.81. The summed E-state index contributed by atoms with van der Waals surface area (Å²) in [5.74, 6) is 0. The Labute approximate surface area is 105 Å². The van der Waals surface area contributed by atoms with E-state index in [4.69, 9.17) is 16.3 Å². The van der Waals surface area contributed by atoms with Crippen LogP contribution in [0.2, 0.25) is 4.47 Å². The third-order valence-corrected chi connectivity index (χ3v) is 3.94. The summed E-state index contributed by atoms with van der Waals surface area (Å²) in [4.78, 5) is 7.75. The molecule has 1 fully saturated rings. The Hall–Kier alpha value is -0.160. The van der Waals surface area contributed by atoms with Crippen molar-refractivity contribution in [1.82, 2.24) is 9.88 Å². The van der Waals surface area contributed by atoms with Gasteiger partial charge in [-0.2, -0.15) is 0 Å². The fourth-order valence-corrected chi connectivity index (χ4v) is 3.07. The van der Waals surface area contributed by atoms with Gasteiger partial charge < -0.3 is 4.74 Å². The first-order valence-corrected chi connectivity index (χ1v) is 6.91. The molecule has 0 amide bonds. The smallest absolute Gasteiger partial charge is 0.183 e. The number of hydrogen-bond acceptors (Lipinski definition) is 4. The summed E-state index contributed by atoms with van der Waals surface area (Å²) >= 11 is 7.39. The average molecular weight is 261 g/mol. The molecule has 1 saturated heterocycles. The minimum absolute atomic E-state index is 0.464. The molecular formula is C11H17ClN2OS. The summed E-state index contributed by atoms with van der Waals surface area (Å²) in [6, 6.07) is 0. The number of nitrogens with zero attached hydrogens (tertiary/aromatic N) is 2. The Kier molecular flexibility index (Phi) is 4.58. The molecule has 90 valence electrons. The highest BCUT2D eigenvalue weighted by Gasteiger charge is 2.19. The molecule has 0 radical (unpaired) electrons. The molecule has 1 aromatic heterocycles. The summed E-state index contributed by atoms with van der Waals surface area (Å²) in [7, 11) is 0. The molecule has 0 saturated carbocycles. The van der Waals surface area contributed by atoms with Crippen molar-refractivity contribution < 1.29 is 4.74 Å². The molecule has 1 aliphatic rings. The third kappa shape index (κ3) is 3.42. The molecule has 3 nitrogen and oxygen atoms in total. The lowest BCUT2D eigenvalue weighted by atomic mass is 10.1. The fraction of sp³-hybridized carbons (Fsp3) is 0.727. The number of aromatic nitrogens is 1. The molecule has 16 heavy (non-hydrogen) atoms. The van der Waals surface area contributed by atoms with Gasteiger partial charge in [-0.15, -0.1) is 11.3 Å². The van der Waals surface area contributed by atoms with Crippen molar-refractivity contribution in [3.8, 4) is 0 Å². The Balaban J connectivity index is 1.77. The summed E-state index contributed by atoms with van der Waals surface area (Å²) in [5, 5.41) is 0. The predicted octanol–water partition coefficient (Wildman–Crippen LogP) is 2.80. The van der Waals surface area contributed by atoms with Crippen molar-refractivity contribution in [3.63, 3.8) is 0 Å². The molecule has 1 aliphatic heterocycles. The van der Waals surface area contributed by atoms with E-state index < -0.39 is 0 Å². The van der Waals surface area contributed by atoms with Crippen molar-refractivity contribution in [2.45, 2.75) is 32.4 Å². The molecule has 0 spiro atoms. The van der Waals surface area contributed by atoms with Gasteiger partial charge in [0, 0.05) is 37.3 Å². The van der Waals surface area contributed by atoms with E-state index in [0.717, 1.165) is 39.1 Å². The number of ether oxygens (including phenoxy) is 1. The number of thiazole rings is 1. The normalized spacial score (nSPS) is 19.1. The Morgan fingerprint density at radius 3 is 2.88 bits per heavy atom. The topological polar surface area (TPSA) is 25.4 Å². The van der Waals surface area contributed by atoms with Gasteiger partial charge in [0.2, 0.25) is 0 Å². The fourth-order valence-electron chi connectivity index (χ4n) is 2.05. The molecule has 0 N–H and O–H groups in total. The molecule has 2 heterocycles. The van der Waals surface area contributed by atoms with Gasteiger partial charge in [-0.05, 0) is 19.8 Å². The van der Waals surface area contributed by atoms with Crippen LogP contribution >= 0.6 is 22.9 Å². The summed E-state index contributed by atoms with van der Waals surface area (Å²) in [6.45, 7) is 6.09. The van der Waals surface area contributed by atoms with E-state index in [9.17, 15) is 0 Å². The van der Waals surface area contributed by atoms with Gasteiger partial charge >= 0.3 is 0 Å². The second kappa shape index (κ2) is 5.96. The molecule has 1 aromatic rings. The van der Waals surface area contributed by atoms with E-state index in [2.05, 4.69) is 16.8 Å². The third-order valence-electron chi connectivity index (χ3n) is 2.84. The van der Waals surface area contributed by atoms with E-state index in [1.165, 1.54) is 4.88 Å². The molecule has 0 aliphatic carbocycles. The monoisotopic (exact) mass is 260 g/mol. The van der Waals surface area contributed by atoms with Gasteiger partial charge in [0.25, 0.3) is 0 Å². The first-order chi connectivity index (χ1) is 7.78. The number of rotatable bonds is 4. The summed E-state index contributed by atoms with van der Waals surface area (Å²) in [5.41, 5.74) is 0. The van der Waals surface area contributed by atoms with Crippen LogP contribution in [-0.4, -0.2) is 35.7 Å². The van der Waals surface area contributed by atoms with E-state index in [1.54, 1.807) is 11.3 Å². The average Bonchev–Trinajstić information content (AvgIpc) is 2.67. The van der Waals surface area contributed by atoms with Crippen molar-refractivity contribution in [1.29, 1.82) is 0 Å². The van der Waals surface area contributed by atoms with Crippen molar-refractivity contribution in [2.75, 3.05) is 19.7 Å². The van der Waals surface area contributed by atoms with Crippen molar-refractivity contribution >= 4 is 22.9 Å². The number of likely N-dealkylation sites (tertiary alicyclic amines) is 1. The van der Waals surface area contributed by atoms with Crippen LogP contribution in [0, 0.1) is 0 Å². The van der Waals surface area contributed by atoms with E-state index in [0.29, 0.717) is 10.6 Å². The minimum atomic E-state index is 0.464. The Bertz CT molecular complexity index is 324. The van der Waals surface area contributed by atoms with Crippen LogP contribution in [0.4, 0.5) is 0 Å². The van der Waals surface area contributed by atoms with Gasteiger partial charge in [-0.1, -0.05) is 11.6 Å². The zero-order valence-corrected chi connectivity index (χ0v) is 11.1. The van der Waals surface area contributed by atoms with Crippen LogP contribution < -0.4 is 0 Å². The van der Waals surface area contributed by atoms with Crippen LogP contribution in [0.5, 0.6) is 0 Å². The van der Waals surface area contributed by atoms with Crippen LogP contribution in [0.25, 0.3) is 0 Å². The lowest BCUT2D eigenvalue weighted by Gasteiger charge is -2.31. The zero-order valence-electron chi connectivity index (χ0n) is 9.49. The molecule has 0 atom stereocenters. The van der Waals surface area contributed by atoms with Crippen LogP contribution in [0.1, 0.15) is 24.6 Å². The second-order valence-electron chi connectivity index (χ2n) is 4.01. The van der Waals surface area contributed by atoms with Gasteiger partial charge in [0.05, 0.1) is 6.10 Å². The Morgan fingerprint density at radius 2 is 2.31 bits per heavy atom. The maximum absolute atomic E-state index is 5.81. The Morgan fingerprint density at radius 1 is 1.56 bits per heavy atom. The van der Waals surface area contributed by atoms with Crippen LogP contribution in [0.3, 0.4) is 0 Å².